The minimum atomic E-state index is 0.0629. The third-order valence-corrected chi connectivity index (χ3v) is 1.05. The van der Waals surface area contributed by atoms with Crippen LogP contribution in [0.4, 0.5) is 0 Å². The number of unbranched alkanes of at least 4 members (excludes halogenated alkanes) is 1. The van der Waals surface area contributed by atoms with E-state index < -0.39 is 0 Å². The maximum atomic E-state index is 8.33. The van der Waals surface area contributed by atoms with Gasteiger partial charge in [-0.1, -0.05) is 37.3 Å². The minimum absolute atomic E-state index is 0.0629. The van der Waals surface area contributed by atoms with Crippen molar-refractivity contribution in [2.24, 2.45) is 0 Å². The Labute approximate surface area is 68.4 Å². The van der Waals surface area contributed by atoms with Crippen molar-refractivity contribution in [1.82, 2.24) is 0 Å². The lowest BCUT2D eigenvalue weighted by Crippen LogP contribution is -1.67. The Morgan fingerprint density at radius 3 is 2.36 bits per heavy atom. The van der Waals surface area contributed by atoms with Gasteiger partial charge in [0.25, 0.3) is 0 Å². The molecule has 0 atom stereocenters. The van der Waals surface area contributed by atoms with Crippen LogP contribution in [0.3, 0.4) is 0 Å². The minimum Gasteiger partial charge on any atom is -0.392 e. The Hall–Kier alpha value is -1.00. The molecule has 0 bridgehead atoms. The summed E-state index contributed by atoms with van der Waals surface area (Å²) in [6.45, 7) is 2.19. The van der Waals surface area contributed by atoms with E-state index in [0.717, 1.165) is 12.8 Å². The molecule has 0 aromatic carbocycles. The topological polar surface area (TPSA) is 20.2 Å². The van der Waals surface area contributed by atoms with Crippen molar-refractivity contribution in [2.45, 2.75) is 19.8 Å². The first-order valence-electron chi connectivity index (χ1n) is 3.83. The van der Waals surface area contributed by atoms with E-state index in [1.165, 1.54) is 0 Å². The third-order valence-electron chi connectivity index (χ3n) is 1.05. The number of rotatable bonds is 3. The van der Waals surface area contributed by atoms with E-state index in [-0.39, 0.29) is 6.61 Å². The highest BCUT2D eigenvalue weighted by atomic mass is 16.2. The normalized spacial score (nSPS) is 10.4. The van der Waals surface area contributed by atoms with Gasteiger partial charge in [0, 0.05) is 0 Å². The Morgan fingerprint density at radius 1 is 1.18 bits per heavy atom. The van der Waals surface area contributed by atoms with E-state index >= 15 is 0 Å². The van der Waals surface area contributed by atoms with Crippen LogP contribution < -0.4 is 0 Å². The van der Waals surface area contributed by atoms with Crippen molar-refractivity contribution in [3.63, 3.8) is 0 Å². The molecular weight excluding hydrogens is 136 g/mol. The second-order valence-corrected chi connectivity index (χ2v) is 2.06. The molecule has 0 aromatic rings. The summed E-state index contributed by atoms with van der Waals surface area (Å²) in [5.74, 6) is 5.59. The van der Waals surface area contributed by atoms with E-state index in [2.05, 4.69) is 18.8 Å². The van der Waals surface area contributed by atoms with Crippen LogP contribution in [0.1, 0.15) is 19.8 Å². The molecule has 0 rings (SSSR count). The van der Waals surface area contributed by atoms with E-state index in [0.29, 0.717) is 0 Å². The quantitative estimate of drug-likeness (QED) is 0.609. The Bertz CT molecular complexity index is 179. The molecule has 11 heavy (non-hydrogen) atoms. The van der Waals surface area contributed by atoms with E-state index in [4.69, 9.17) is 5.11 Å². The van der Waals surface area contributed by atoms with Gasteiger partial charge in [0.1, 0.15) is 0 Å². The maximum Gasteiger partial charge on any atom is 0.0621 e. The summed E-state index contributed by atoms with van der Waals surface area (Å²) >= 11 is 0. The molecule has 0 unspecified atom stereocenters. The van der Waals surface area contributed by atoms with Gasteiger partial charge < -0.3 is 5.11 Å². The molecule has 0 aromatic heterocycles. The molecule has 1 heteroatoms. The molecule has 0 heterocycles. The van der Waals surface area contributed by atoms with Gasteiger partial charge in [-0.25, -0.2) is 0 Å². The van der Waals surface area contributed by atoms with Gasteiger partial charge in [-0.2, -0.15) is 0 Å². The van der Waals surface area contributed by atoms with Crippen LogP contribution >= 0.6 is 0 Å². The molecule has 0 radical (unpaired) electrons. The summed E-state index contributed by atoms with van der Waals surface area (Å²) in [5, 5.41) is 8.33. The van der Waals surface area contributed by atoms with Crippen molar-refractivity contribution in [2.75, 3.05) is 6.61 Å². The fourth-order valence-corrected chi connectivity index (χ4v) is 0.517. The fraction of sp³-hybridized carbons (Fsp3) is 0.400. The van der Waals surface area contributed by atoms with Gasteiger partial charge in [0.15, 0.2) is 0 Å². The van der Waals surface area contributed by atoms with Crippen molar-refractivity contribution in [1.29, 1.82) is 0 Å². The molecule has 0 aliphatic heterocycles. The molecule has 0 amide bonds. The Balaban J connectivity index is 3.46. The van der Waals surface area contributed by atoms with Gasteiger partial charge in [-0.3, -0.25) is 0 Å². The molecule has 0 saturated carbocycles. The zero-order valence-corrected chi connectivity index (χ0v) is 6.88. The zero-order chi connectivity index (χ0) is 8.36. The van der Waals surface area contributed by atoms with Gasteiger partial charge in [-0.15, -0.1) is 0 Å². The number of hydrogen-bond donors (Lipinski definition) is 1. The van der Waals surface area contributed by atoms with Crippen LogP contribution in [0.5, 0.6) is 0 Å². The monoisotopic (exact) mass is 150 g/mol. The molecule has 0 aliphatic rings. The first kappa shape index (κ1) is 10.0. The standard InChI is InChI=1S/C10H14O/c1-2-3-4-5-6-7-8-9-10-11/h4-5,8-9,11H,2-3,10H2,1H3/b5-4+,9-8+. The lowest BCUT2D eigenvalue weighted by Gasteiger charge is -1.77. The van der Waals surface area contributed by atoms with Crippen molar-refractivity contribution >= 4 is 0 Å². The highest BCUT2D eigenvalue weighted by molar-refractivity contribution is 5.23. The van der Waals surface area contributed by atoms with Crippen molar-refractivity contribution < 1.29 is 5.11 Å². The predicted molar refractivity (Wildman–Crippen MR) is 48.0 cm³/mol. The molecular formula is C10H14O. The van der Waals surface area contributed by atoms with E-state index in [9.17, 15) is 0 Å². The average molecular weight is 150 g/mol. The van der Waals surface area contributed by atoms with Crippen LogP contribution in [0.2, 0.25) is 0 Å². The summed E-state index contributed by atoms with van der Waals surface area (Å²) < 4.78 is 0. The molecule has 0 aliphatic carbocycles. The van der Waals surface area contributed by atoms with Crippen LogP contribution in [0, 0.1) is 11.8 Å². The van der Waals surface area contributed by atoms with E-state index in [1.807, 2.05) is 12.2 Å². The van der Waals surface area contributed by atoms with Crippen LogP contribution in [0.15, 0.2) is 24.3 Å². The molecule has 1 N–H and O–H groups in total. The summed E-state index contributed by atoms with van der Waals surface area (Å²) in [4.78, 5) is 0. The molecule has 0 fully saturated rings. The number of aliphatic hydroxyl groups excluding tert-OH is 1. The van der Waals surface area contributed by atoms with Crippen LogP contribution in [-0.4, -0.2) is 11.7 Å². The number of aliphatic hydroxyl groups is 1. The lowest BCUT2D eigenvalue weighted by molar-refractivity contribution is 0.343. The SMILES string of the molecule is CCC/C=C/C#C/C=C/CO. The van der Waals surface area contributed by atoms with Gasteiger partial charge in [0.2, 0.25) is 0 Å². The first-order valence-corrected chi connectivity index (χ1v) is 3.83. The Morgan fingerprint density at radius 2 is 1.82 bits per heavy atom. The largest absolute Gasteiger partial charge is 0.392 e. The van der Waals surface area contributed by atoms with Crippen molar-refractivity contribution in [3.8, 4) is 11.8 Å². The molecule has 0 spiro atoms. The average Bonchev–Trinajstić information content (AvgIpc) is 2.03. The second-order valence-electron chi connectivity index (χ2n) is 2.06. The predicted octanol–water partition coefficient (Wildman–Crippen LogP) is 1.89. The van der Waals surface area contributed by atoms with Gasteiger partial charge in [0.05, 0.1) is 6.61 Å². The fourth-order valence-electron chi connectivity index (χ4n) is 0.517. The summed E-state index contributed by atoms with van der Waals surface area (Å²) in [5.41, 5.74) is 0. The summed E-state index contributed by atoms with van der Waals surface area (Å²) in [6.07, 6.45) is 9.38. The van der Waals surface area contributed by atoms with Gasteiger partial charge in [-0.05, 0) is 18.6 Å². The van der Waals surface area contributed by atoms with Crippen LogP contribution in [-0.2, 0) is 0 Å². The summed E-state index contributed by atoms with van der Waals surface area (Å²) in [6, 6.07) is 0. The lowest BCUT2D eigenvalue weighted by atomic mass is 10.3. The van der Waals surface area contributed by atoms with E-state index in [1.54, 1.807) is 12.2 Å². The Kier molecular flexibility index (Phi) is 8.18. The first-order chi connectivity index (χ1) is 5.41. The van der Waals surface area contributed by atoms with Gasteiger partial charge >= 0.3 is 0 Å². The number of hydrogen-bond acceptors (Lipinski definition) is 1. The van der Waals surface area contributed by atoms with Crippen LogP contribution in [0.25, 0.3) is 0 Å². The maximum absolute atomic E-state index is 8.33. The highest BCUT2D eigenvalue weighted by Crippen LogP contribution is 1.86. The van der Waals surface area contributed by atoms with Crippen molar-refractivity contribution in [3.05, 3.63) is 24.3 Å². The highest BCUT2D eigenvalue weighted by Gasteiger charge is 1.67. The summed E-state index contributed by atoms with van der Waals surface area (Å²) in [7, 11) is 0. The molecule has 60 valence electrons. The molecule has 1 nitrogen and oxygen atoms in total. The number of allylic oxidation sites excluding steroid dienone is 3. The molecule has 0 saturated heterocycles. The zero-order valence-electron chi connectivity index (χ0n) is 6.88. The second kappa shape index (κ2) is 9.00. The smallest absolute Gasteiger partial charge is 0.0621 e. The third kappa shape index (κ3) is 9.00.